The van der Waals surface area contributed by atoms with Crippen LogP contribution >= 0.6 is 0 Å². The first kappa shape index (κ1) is 46.6. The average Bonchev–Trinajstić information content (AvgIpc) is 3.73. The van der Waals surface area contributed by atoms with Crippen molar-refractivity contribution in [1.29, 1.82) is 5.26 Å². The predicted octanol–water partition coefficient (Wildman–Crippen LogP) is 19.1. The summed E-state index contributed by atoms with van der Waals surface area (Å²) >= 11 is 0. The Hall–Kier alpha value is -10.5. The van der Waals surface area contributed by atoms with Gasteiger partial charge in [-0.05, 0) is 72.8 Å². The molecule has 12 heteroatoms. The molecule has 0 unspecified atom stereocenters. The minimum atomic E-state index is -4.77. The molecular weight excluding hydrogens is 1030 g/mol. The standard InChI is InChI=1S/C69H38F6N6/c70-68(71,72)40-33-35-50-48-23-7-15-31-59(48)80(61(50)37-40)65-63(77-53-25-9-1-17-42(53)43-18-2-10-26-54(43)77)52(39-76)64(78-55-27-11-3-19-44(55)45-20-4-12-28-56(45)78)66(67(65)79-57-29-13-5-21-46(57)47-22-6-14-30-58(47)79)81-60-32-16-8-24-49(60)51-36-34-41(38-62(51)81)69(73,74)75/h1-38H. The van der Waals surface area contributed by atoms with Crippen LogP contribution in [0.1, 0.15) is 16.7 Å². The number of hydrogen-bond acceptors (Lipinski definition) is 1. The molecule has 5 aromatic heterocycles. The van der Waals surface area contributed by atoms with Crippen molar-refractivity contribution in [1.82, 2.24) is 22.8 Å². The summed E-state index contributed by atoms with van der Waals surface area (Å²) in [4.78, 5) is 0. The van der Waals surface area contributed by atoms with E-state index < -0.39 is 23.5 Å². The molecule has 0 aliphatic rings. The van der Waals surface area contributed by atoms with Crippen LogP contribution in [0.2, 0.25) is 0 Å². The van der Waals surface area contributed by atoms with Gasteiger partial charge in [0, 0.05) is 53.9 Å². The third kappa shape index (κ3) is 6.45. The Balaban J connectivity index is 1.31. The quantitative estimate of drug-likeness (QED) is 0.158. The Labute approximate surface area is 455 Å². The number of hydrogen-bond donors (Lipinski definition) is 0. The molecule has 16 aromatic rings. The summed E-state index contributed by atoms with van der Waals surface area (Å²) in [6.07, 6.45) is -9.55. The molecule has 0 saturated carbocycles. The molecule has 0 fully saturated rings. The zero-order valence-electron chi connectivity index (χ0n) is 42.4. The van der Waals surface area contributed by atoms with Crippen molar-refractivity contribution in [2.45, 2.75) is 12.4 Å². The lowest BCUT2D eigenvalue weighted by Crippen LogP contribution is -2.19. The lowest BCUT2D eigenvalue weighted by Gasteiger charge is -2.30. The number of halogens is 6. The molecule has 0 N–H and O–H groups in total. The summed E-state index contributed by atoms with van der Waals surface area (Å²) in [5.41, 5.74) is 5.57. The van der Waals surface area contributed by atoms with Crippen LogP contribution in [0, 0.1) is 11.3 Å². The van der Waals surface area contributed by atoms with Crippen molar-refractivity contribution in [2.24, 2.45) is 0 Å². The Morgan fingerprint density at radius 2 is 0.444 bits per heavy atom. The second-order valence-corrected chi connectivity index (χ2v) is 20.5. The number of fused-ring (bicyclic) bond motifs is 15. The SMILES string of the molecule is N#Cc1c(-n2c3ccccc3c3ccccc32)c(-n2c3ccccc3c3ccc(C(F)(F)F)cc32)c(-n2c3ccccc3c3ccccc32)c(-n2c3ccccc3c3ccc(C(F)(F)F)cc32)c1-n1c2ccccc2c2ccccc21. The number of aromatic nitrogens is 5. The fraction of sp³-hybridized carbons (Fsp3) is 0.0290. The van der Waals surface area contributed by atoms with Crippen molar-refractivity contribution in [3.63, 3.8) is 0 Å². The summed E-state index contributed by atoms with van der Waals surface area (Å²) < 4.78 is 103. The van der Waals surface area contributed by atoms with Gasteiger partial charge in [0.05, 0.1) is 94.7 Å². The van der Waals surface area contributed by atoms with Gasteiger partial charge in [-0.15, -0.1) is 0 Å². The molecule has 6 nitrogen and oxygen atoms in total. The minimum absolute atomic E-state index is 0.0957. The second kappa shape index (κ2) is 16.8. The minimum Gasteiger partial charge on any atom is -0.306 e. The van der Waals surface area contributed by atoms with Gasteiger partial charge in [-0.2, -0.15) is 31.6 Å². The van der Waals surface area contributed by atoms with Crippen molar-refractivity contribution in [2.75, 3.05) is 0 Å². The zero-order valence-corrected chi connectivity index (χ0v) is 42.4. The van der Waals surface area contributed by atoms with Crippen LogP contribution in [-0.2, 0) is 12.4 Å². The van der Waals surface area contributed by atoms with Crippen LogP contribution in [0.3, 0.4) is 0 Å². The topological polar surface area (TPSA) is 48.4 Å². The van der Waals surface area contributed by atoms with E-state index in [2.05, 4.69) is 19.8 Å². The van der Waals surface area contributed by atoms with E-state index in [1.54, 1.807) is 0 Å². The molecule has 0 saturated heterocycles. The maximum atomic E-state index is 15.5. The van der Waals surface area contributed by atoms with Crippen LogP contribution in [0.15, 0.2) is 231 Å². The first-order valence-electron chi connectivity index (χ1n) is 26.3. The Morgan fingerprint density at radius 1 is 0.247 bits per heavy atom. The lowest BCUT2D eigenvalue weighted by molar-refractivity contribution is -0.138. The molecule has 16 rings (SSSR count). The predicted molar refractivity (Wildman–Crippen MR) is 313 cm³/mol. The van der Waals surface area contributed by atoms with Gasteiger partial charge in [0.1, 0.15) is 11.6 Å². The highest BCUT2D eigenvalue weighted by Gasteiger charge is 2.38. The number of benzene rings is 11. The maximum absolute atomic E-state index is 15.5. The Bertz CT molecular complexity index is 4990. The van der Waals surface area contributed by atoms with Gasteiger partial charge in [0.15, 0.2) is 0 Å². The Kier molecular flexibility index (Phi) is 9.63. The molecule has 11 aromatic carbocycles. The van der Waals surface area contributed by atoms with Gasteiger partial charge in [-0.3, -0.25) is 0 Å². The Morgan fingerprint density at radius 3 is 0.679 bits per heavy atom. The van der Waals surface area contributed by atoms with Gasteiger partial charge < -0.3 is 22.8 Å². The van der Waals surface area contributed by atoms with Crippen molar-refractivity contribution in [3.05, 3.63) is 247 Å². The van der Waals surface area contributed by atoms with Crippen LogP contribution < -0.4 is 0 Å². The van der Waals surface area contributed by atoms with E-state index in [1.807, 2.05) is 203 Å². The van der Waals surface area contributed by atoms with Crippen LogP contribution in [0.4, 0.5) is 26.3 Å². The van der Waals surface area contributed by atoms with Gasteiger partial charge in [0.2, 0.25) is 0 Å². The maximum Gasteiger partial charge on any atom is 0.416 e. The number of nitriles is 1. The summed E-state index contributed by atoms with van der Waals surface area (Å²) in [6.45, 7) is 0. The van der Waals surface area contributed by atoms with E-state index in [1.165, 1.54) is 24.3 Å². The third-order valence-corrected chi connectivity index (χ3v) is 16.3. The van der Waals surface area contributed by atoms with Gasteiger partial charge >= 0.3 is 12.4 Å². The third-order valence-electron chi connectivity index (χ3n) is 16.3. The van der Waals surface area contributed by atoms with Crippen molar-refractivity contribution < 1.29 is 26.3 Å². The molecule has 0 aliphatic heterocycles. The van der Waals surface area contributed by atoms with Crippen LogP contribution in [0.25, 0.3) is 137 Å². The van der Waals surface area contributed by atoms with Gasteiger partial charge in [-0.1, -0.05) is 158 Å². The molecule has 0 aliphatic carbocycles. The van der Waals surface area contributed by atoms with Crippen LogP contribution in [0.5, 0.6) is 0 Å². The average molecular weight is 1070 g/mol. The molecule has 0 atom stereocenters. The van der Waals surface area contributed by atoms with Gasteiger partial charge in [0.25, 0.3) is 0 Å². The molecule has 0 radical (unpaired) electrons. The fourth-order valence-electron chi connectivity index (χ4n) is 13.1. The molecule has 5 heterocycles. The number of nitrogens with zero attached hydrogens (tertiary/aromatic N) is 6. The fourth-order valence-corrected chi connectivity index (χ4v) is 13.1. The van der Waals surface area contributed by atoms with E-state index >= 15 is 26.3 Å². The lowest BCUT2D eigenvalue weighted by atomic mass is 10.0. The highest BCUT2D eigenvalue weighted by atomic mass is 19.4. The normalized spacial score (nSPS) is 12.6. The van der Waals surface area contributed by atoms with Gasteiger partial charge in [-0.25, -0.2) is 0 Å². The van der Waals surface area contributed by atoms with E-state index in [4.69, 9.17) is 0 Å². The smallest absolute Gasteiger partial charge is 0.306 e. The first-order valence-corrected chi connectivity index (χ1v) is 26.3. The van der Waals surface area contributed by atoms with E-state index in [0.29, 0.717) is 94.1 Å². The number of rotatable bonds is 5. The number of alkyl halides is 6. The highest BCUT2D eigenvalue weighted by Crippen LogP contribution is 2.52. The van der Waals surface area contributed by atoms with Crippen LogP contribution in [-0.4, -0.2) is 22.8 Å². The highest BCUT2D eigenvalue weighted by molar-refractivity contribution is 6.18. The monoisotopic (exact) mass is 1060 g/mol. The summed E-state index contributed by atoms with van der Waals surface area (Å²) in [7, 11) is 0. The van der Waals surface area contributed by atoms with E-state index in [-0.39, 0.29) is 16.6 Å². The molecule has 81 heavy (non-hydrogen) atoms. The second-order valence-electron chi connectivity index (χ2n) is 20.5. The van der Waals surface area contributed by atoms with E-state index in [9.17, 15) is 5.26 Å². The molecular formula is C69H38F6N6. The summed E-state index contributed by atoms with van der Waals surface area (Å²) in [5, 5.41) is 20.3. The summed E-state index contributed by atoms with van der Waals surface area (Å²) in [6, 6.07) is 72.4. The van der Waals surface area contributed by atoms with E-state index in [0.717, 1.165) is 44.5 Å². The summed E-state index contributed by atoms with van der Waals surface area (Å²) in [5.74, 6) is 0. The molecule has 0 amide bonds. The molecule has 0 bridgehead atoms. The largest absolute Gasteiger partial charge is 0.416 e. The molecule has 386 valence electrons. The molecule has 0 spiro atoms. The first-order chi connectivity index (χ1) is 39.5. The number of para-hydroxylation sites is 8. The van der Waals surface area contributed by atoms with Crippen molar-refractivity contribution in [3.8, 4) is 34.5 Å². The van der Waals surface area contributed by atoms with Crippen molar-refractivity contribution >= 4 is 109 Å². The zero-order chi connectivity index (χ0) is 54.6.